The molecule has 0 spiro atoms. The quantitative estimate of drug-likeness (QED) is 0.837. The molecule has 0 radical (unpaired) electrons. The highest BCUT2D eigenvalue weighted by molar-refractivity contribution is 5.95. The van der Waals surface area contributed by atoms with Crippen molar-refractivity contribution in [3.63, 3.8) is 0 Å². The lowest BCUT2D eigenvalue weighted by Gasteiger charge is -2.18. The van der Waals surface area contributed by atoms with Gasteiger partial charge < -0.3 is 10.2 Å². The Balaban J connectivity index is 1.63. The fourth-order valence-electron chi connectivity index (χ4n) is 3.23. The van der Waals surface area contributed by atoms with Crippen LogP contribution in [0.3, 0.4) is 0 Å². The highest BCUT2D eigenvalue weighted by Gasteiger charge is 2.39. The van der Waals surface area contributed by atoms with E-state index in [2.05, 4.69) is 20.5 Å². The predicted molar refractivity (Wildman–Crippen MR) is 74.9 cm³/mol. The number of likely N-dealkylation sites (tertiary alicyclic amines) is 1. The molecule has 2 atom stereocenters. The van der Waals surface area contributed by atoms with Crippen LogP contribution in [0.4, 0.5) is 0 Å². The van der Waals surface area contributed by atoms with Crippen molar-refractivity contribution in [3.8, 4) is 5.69 Å². The van der Waals surface area contributed by atoms with Gasteiger partial charge in [-0.15, -0.1) is 4.80 Å². The molecule has 0 bridgehead atoms. The van der Waals surface area contributed by atoms with E-state index in [1.807, 2.05) is 11.0 Å². The molecule has 2 unspecified atom stereocenters. The molecule has 2 aromatic heterocycles. The number of nitrogens with zero attached hydrogens (tertiary/aromatic N) is 5. The van der Waals surface area contributed by atoms with Gasteiger partial charge in [-0.3, -0.25) is 4.79 Å². The van der Waals surface area contributed by atoms with Gasteiger partial charge in [0.1, 0.15) is 5.69 Å². The summed E-state index contributed by atoms with van der Waals surface area (Å²) < 4.78 is 0. The fraction of sp³-hybridized carbons (Fsp3) is 0.429. The van der Waals surface area contributed by atoms with E-state index in [4.69, 9.17) is 0 Å². The summed E-state index contributed by atoms with van der Waals surface area (Å²) in [6.45, 7) is 3.62. The molecule has 1 amide bonds. The average molecular weight is 284 g/mol. The Bertz CT molecular complexity index is 643. The van der Waals surface area contributed by atoms with Crippen molar-refractivity contribution < 1.29 is 4.79 Å². The summed E-state index contributed by atoms with van der Waals surface area (Å²) in [5, 5.41) is 11.6. The molecule has 2 aliphatic rings. The van der Waals surface area contributed by atoms with E-state index in [0.717, 1.165) is 26.2 Å². The normalized spacial score (nSPS) is 24.3. The number of amides is 1. The van der Waals surface area contributed by atoms with Crippen molar-refractivity contribution in [3.05, 3.63) is 36.4 Å². The van der Waals surface area contributed by atoms with Crippen molar-refractivity contribution in [2.75, 3.05) is 26.2 Å². The van der Waals surface area contributed by atoms with Crippen LogP contribution in [0.1, 0.15) is 10.5 Å². The Morgan fingerprint density at radius 3 is 2.57 bits per heavy atom. The predicted octanol–water partition coefficient (Wildman–Crippen LogP) is -0.0463. The number of pyridine rings is 1. The monoisotopic (exact) mass is 284 g/mol. The van der Waals surface area contributed by atoms with E-state index >= 15 is 0 Å². The van der Waals surface area contributed by atoms with Crippen LogP contribution in [-0.4, -0.2) is 57.0 Å². The third-order valence-electron chi connectivity index (χ3n) is 4.30. The van der Waals surface area contributed by atoms with Crippen LogP contribution in [0.25, 0.3) is 5.69 Å². The lowest BCUT2D eigenvalue weighted by atomic mass is 10.0. The summed E-state index contributed by atoms with van der Waals surface area (Å²) in [7, 11) is 0. The molecule has 7 heteroatoms. The molecule has 4 heterocycles. The maximum atomic E-state index is 12.8. The number of hydrogen-bond donors (Lipinski definition) is 1. The number of fused-ring (bicyclic) bond motifs is 1. The summed E-state index contributed by atoms with van der Waals surface area (Å²) in [5.41, 5.74) is 1.05. The molecule has 0 aliphatic carbocycles. The van der Waals surface area contributed by atoms with E-state index in [1.165, 1.54) is 4.80 Å². The minimum Gasteiger partial charge on any atom is -0.337 e. The largest absolute Gasteiger partial charge is 0.337 e. The lowest BCUT2D eigenvalue weighted by Crippen LogP contribution is -2.33. The van der Waals surface area contributed by atoms with Crippen molar-refractivity contribution in [1.82, 2.24) is 30.2 Å². The Morgan fingerprint density at radius 1 is 1.14 bits per heavy atom. The molecule has 4 rings (SSSR count). The first-order valence-corrected chi connectivity index (χ1v) is 7.14. The van der Waals surface area contributed by atoms with Crippen LogP contribution in [0.2, 0.25) is 0 Å². The first-order valence-electron chi connectivity index (χ1n) is 7.14. The number of rotatable bonds is 2. The average Bonchev–Trinajstić information content (AvgIpc) is 3.22. The number of carbonyl (C=O) groups is 1. The zero-order valence-corrected chi connectivity index (χ0v) is 11.5. The summed E-state index contributed by atoms with van der Waals surface area (Å²) in [6.07, 6.45) is 4.82. The highest BCUT2D eigenvalue weighted by Crippen LogP contribution is 2.27. The van der Waals surface area contributed by atoms with Gasteiger partial charge in [0.2, 0.25) is 0 Å². The summed E-state index contributed by atoms with van der Waals surface area (Å²) >= 11 is 0. The van der Waals surface area contributed by atoms with Crippen LogP contribution < -0.4 is 5.32 Å². The molecule has 108 valence electrons. The zero-order valence-electron chi connectivity index (χ0n) is 11.5. The number of nitrogens with one attached hydrogen (secondary N) is 1. The van der Waals surface area contributed by atoms with Gasteiger partial charge in [0, 0.05) is 32.4 Å². The Hall–Kier alpha value is -2.28. The number of aromatic nitrogens is 4. The SMILES string of the molecule is O=C(c1ncccc1-n1nccn1)N1CC2CNCC2C1. The maximum absolute atomic E-state index is 12.8. The zero-order chi connectivity index (χ0) is 14.2. The molecule has 2 aromatic rings. The molecule has 21 heavy (non-hydrogen) atoms. The highest BCUT2D eigenvalue weighted by atomic mass is 16.2. The standard InChI is InChI=1S/C14H16N6O/c21-14(19-8-10-6-15-7-11(10)9-19)13-12(2-1-3-16-13)20-17-4-5-18-20/h1-5,10-11,15H,6-9H2. The molecule has 1 N–H and O–H groups in total. The van der Waals surface area contributed by atoms with Gasteiger partial charge in [0.25, 0.3) is 5.91 Å². The van der Waals surface area contributed by atoms with Crippen LogP contribution >= 0.6 is 0 Å². The van der Waals surface area contributed by atoms with Gasteiger partial charge in [-0.05, 0) is 24.0 Å². The Kier molecular flexibility index (Phi) is 2.92. The molecular weight excluding hydrogens is 268 g/mol. The molecule has 2 fully saturated rings. The van der Waals surface area contributed by atoms with Crippen molar-refractivity contribution >= 4 is 5.91 Å². The van der Waals surface area contributed by atoms with Gasteiger partial charge in [0.05, 0.1) is 12.4 Å². The van der Waals surface area contributed by atoms with Gasteiger partial charge in [-0.25, -0.2) is 4.98 Å². The van der Waals surface area contributed by atoms with Crippen LogP contribution in [0, 0.1) is 11.8 Å². The smallest absolute Gasteiger partial charge is 0.274 e. The minimum absolute atomic E-state index is 0.0303. The fourth-order valence-corrected chi connectivity index (χ4v) is 3.23. The summed E-state index contributed by atoms with van der Waals surface area (Å²) in [4.78, 5) is 20.4. The molecule has 2 aliphatic heterocycles. The molecule has 0 aromatic carbocycles. The van der Waals surface area contributed by atoms with E-state index in [0.29, 0.717) is 23.2 Å². The van der Waals surface area contributed by atoms with E-state index in [1.54, 1.807) is 24.7 Å². The number of hydrogen-bond acceptors (Lipinski definition) is 5. The Morgan fingerprint density at radius 2 is 1.86 bits per heavy atom. The van der Waals surface area contributed by atoms with E-state index in [9.17, 15) is 4.79 Å². The van der Waals surface area contributed by atoms with Crippen LogP contribution in [-0.2, 0) is 0 Å². The summed E-state index contributed by atoms with van der Waals surface area (Å²) in [5.74, 6) is 1.12. The van der Waals surface area contributed by atoms with Crippen molar-refractivity contribution in [2.45, 2.75) is 0 Å². The van der Waals surface area contributed by atoms with Crippen molar-refractivity contribution in [2.24, 2.45) is 11.8 Å². The van der Waals surface area contributed by atoms with Crippen LogP contribution in [0.15, 0.2) is 30.7 Å². The van der Waals surface area contributed by atoms with Crippen molar-refractivity contribution in [1.29, 1.82) is 0 Å². The van der Waals surface area contributed by atoms with Gasteiger partial charge in [-0.2, -0.15) is 10.2 Å². The maximum Gasteiger partial charge on any atom is 0.274 e. The van der Waals surface area contributed by atoms with Gasteiger partial charge in [0.15, 0.2) is 5.69 Å². The van der Waals surface area contributed by atoms with E-state index < -0.39 is 0 Å². The second kappa shape index (κ2) is 4.92. The molecule has 7 nitrogen and oxygen atoms in total. The lowest BCUT2D eigenvalue weighted by molar-refractivity contribution is 0.0775. The molecule has 2 saturated heterocycles. The topological polar surface area (TPSA) is 75.9 Å². The Labute approximate surface area is 122 Å². The second-order valence-corrected chi connectivity index (χ2v) is 5.58. The van der Waals surface area contributed by atoms with E-state index in [-0.39, 0.29) is 5.91 Å². The first kappa shape index (κ1) is 12.5. The minimum atomic E-state index is -0.0303. The third kappa shape index (κ3) is 2.09. The number of carbonyl (C=O) groups excluding carboxylic acids is 1. The second-order valence-electron chi connectivity index (χ2n) is 5.58. The van der Waals surface area contributed by atoms with Gasteiger partial charge in [-0.1, -0.05) is 0 Å². The van der Waals surface area contributed by atoms with Gasteiger partial charge >= 0.3 is 0 Å². The first-order chi connectivity index (χ1) is 10.3. The third-order valence-corrected chi connectivity index (χ3v) is 4.30. The molecule has 0 saturated carbocycles. The molecular formula is C14H16N6O. The van der Waals surface area contributed by atoms with Crippen LogP contribution in [0.5, 0.6) is 0 Å². The summed E-state index contributed by atoms with van der Waals surface area (Å²) in [6, 6.07) is 3.61.